The van der Waals surface area contributed by atoms with Crippen molar-refractivity contribution in [2.24, 2.45) is 5.41 Å². The lowest BCUT2D eigenvalue weighted by molar-refractivity contribution is -0.159. The highest BCUT2D eigenvalue weighted by atomic mass is 16.5. The molecule has 0 aromatic rings. The van der Waals surface area contributed by atoms with E-state index in [1.807, 2.05) is 18.2 Å². The lowest BCUT2D eigenvalue weighted by Gasteiger charge is -2.36. The van der Waals surface area contributed by atoms with E-state index >= 15 is 0 Å². The highest BCUT2D eigenvalue weighted by Gasteiger charge is 2.46. The molecule has 0 N–H and O–H groups in total. The highest BCUT2D eigenvalue weighted by molar-refractivity contribution is 6.06. The second-order valence-corrected chi connectivity index (χ2v) is 4.61. The van der Waals surface area contributed by atoms with Crippen LogP contribution in [-0.4, -0.2) is 30.4 Å². The third-order valence-electron chi connectivity index (χ3n) is 3.29. The summed E-state index contributed by atoms with van der Waals surface area (Å²) in [6.45, 7) is 3.61. The zero-order valence-corrected chi connectivity index (χ0v) is 10.9. The summed E-state index contributed by atoms with van der Waals surface area (Å²) >= 11 is 0. The fourth-order valence-electron chi connectivity index (χ4n) is 2.29. The molecule has 2 aliphatic rings. The zero-order chi connectivity index (χ0) is 13.3. The second kappa shape index (κ2) is 4.44. The lowest BCUT2D eigenvalue weighted by atomic mass is 9.81. The van der Waals surface area contributed by atoms with E-state index in [0.717, 1.165) is 17.7 Å². The van der Waals surface area contributed by atoms with Gasteiger partial charge >= 0.3 is 5.97 Å². The van der Waals surface area contributed by atoms with Gasteiger partial charge in [0.05, 0.1) is 6.61 Å². The van der Waals surface area contributed by atoms with Crippen LogP contribution in [0.2, 0.25) is 0 Å². The SMILES string of the molecule is CCOC(=O)C1(C)C=C2C=CCC=C2N(C)C1=O. The first-order chi connectivity index (χ1) is 8.50. The van der Waals surface area contributed by atoms with Crippen molar-refractivity contribution in [3.05, 3.63) is 35.6 Å². The molecular weight excluding hydrogens is 230 g/mol. The molecule has 0 fully saturated rings. The second-order valence-electron chi connectivity index (χ2n) is 4.61. The molecule has 18 heavy (non-hydrogen) atoms. The Balaban J connectivity index is 2.46. The van der Waals surface area contributed by atoms with Crippen LogP contribution in [0.1, 0.15) is 20.3 Å². The number of amides is 1. The van der Waals surface area contributed by atoms with Crippen LogP contribution in [0.5, 0.6) is 0 Å². The Morgan fingerprint density at radius 1 is 1.56 bits per heavy atom. The largest absolute Gasteiger partial charge is 0.465 e. The molecule has 0 aromatic heterocycles. The maximum Gasteiger partial charge on any atom is 0.325 e. The summed E-state index contributed by atoms with van der Waals surface area (Å²) in [5.74, 6) is -0.737. The first-order valence-electron chi connectivity index (χ1n) is 6.06. The van der Waals surface area contributed by atoms with Crippen LogP contribution >= 0.6 is 0 Å². The van der Waals surface area contributed by atoms with Crippen LogP contribution in [0.15, 0.2) is 35.6 Å². The van der Waals surface area contributed by atoms with E-state index in [1.165, 1.54) is 4.90 Å². The molecule has 1 aliphatic heterocycles. The van der Waals surface area contributed by atoms with Crippen LogP contribution in [0.3, 0.4) is 0 Å². The minimum atomic E-state index is -1.22. The Labute approximate surface area is 107 Å². The van der Waals surface area contributed by atoms with Crippen LogP contribution < -0.4 is 0 Å². The molecule has 0 bridgehead atoms. The number of carbonyl (C=O) groups excluding carboxylic acids is 2. The number of fused-ring (bicyclic) bond motifs is 1. The molecule has 1 heterocycles. The number of rotatable bonds is 2. The van der Waals surface area contributed by atoms with Crippen molar-refractivity contribution in [2.45, 2.75) is 20.3 Å². The average Bonchev–Trinajstić information content (AvgIpc) is 2.36. The van der Waals surface area contributed by atoms with Crippen molar-refractivity contribution in [3.63, 3.8) is 0 Å². The van der Waals surface area contributed by atoms with Crippen molar-refractivity contribution in [1.29, 1.82) is 0 Å². The number of ether oxygens (including phenoxy) is 1. The van der Waals surface area contributed by atoms with E-state index in [4.69, 9.17) is 4.74 Å². The summed E-state index contributed by atoms with van der Waals surface area (Å²) < 4.78 is 5.01. The number of hydrogen-bond donors (Lipinski definition) is 0. The maximum absolute atomic E-state index is 12.3. The van der Waals surface area contributed by atoms with Gasteiger partial charge in [-0.15, -0.1) is 0 Å². The Hall–Kier alpha value is -1.84. The van der Waals surface area contributed by atoms with E-state index < -0.39 is 11.4 Å². The fraction of sp³-hybridized carbons (Fsp3) is 0.429. The first kappa shape index (κ1) is 12.6. The number of allylic oxidation sites excluding steroid dienone is 3. The van der Waals surface area contributed by atoms with Gasteiger partial charge in [0.25, 0.3) is 0 Å². The van der Waals surface area contributed by atoms with Crippen molar-refractivity contribution < 1.29 is 14.3 Å². The molecule has 0 saturated carbocycles. The van der Waals surface area contributed by atoms with Gasteiger partial charge in [-0.25, -0.2) is 0 Å². The molecule has 1 amide bonds. The van der Waals surface area contributed by atoms with Crippen LogP contribution in [0.4, 0.5) is 0 Å². The molecular formula is C14H17NO3. The highest BCUT2D eigenvalue weighted by Crippen LogP contribution is 2.36. The van der Waals surface area contributed by atoms with Crippen molar-refractivity contribution in [3.8, 4) is 0 Å². The summed E-state index contributed by atoms with van der Waals surface area (Å²) in [6.07, 6.45) is 8.43. The molecule has 96 valence electrons. The Morgan fingerprint density at radius 3 is 2.94 bits per heavy atom. The van der Waals surface area contributed by atoms with Crippen LogP contribution in [0.25, 0.3) is 0 Å². The van der Waals surface area contributed by atoms with Gasteiger partial charge in [-0.3, -0.25) is 9.59 Å². The van der Waals surface area contributed by atoms with Gasteiger partial charge in [0.15, 0.2) is 5.41 Å². The maximum atomic E-state index is 12.3. The predicted molar refractivity (Wildman–Crippen MR) is 67.4 cm³/mol. The topological polar surface area (TPSA) is 46.6 Å². The Bertz CT molecular complexity index is 487. The van der Waals surface area contributed by atoms with E-state index in [1.54, 1.807) is 27.0 Å². The third-order valence-corrected chi connectivity index (χ3v) is 3.29. The van der Waals surface area contributed by atoms with E-state index in [-0.39, 0.29) is 12.5 Å². The number of esters is 1. The summed E-state index contributed by atoms with van der Waals surface area (Å²) in [5.41, 5.74) is 0.544. The number of likely N-dealkylation sites (N-methyl/N-ethyl adjacent to an activating group) is 1. The molecule has 0 aromatic carbocycles. The zero-order valence-electron chi connectivity index (χ0n) is 10.9. The molecule has 0 spiro atoms. The van der Waals surface area contributed by atoms with Crippen molar-refractivity contribution >= 4 is 11.9 Å². The summed E-state index contributed by atoms with van der Waals surface area (Å²) in [6, 6.07) is 0. The van der Waals surface area contributed by atoms with Gasteiger partial charge in [-0.2, -0.15) is 0 Å². The molecule has 0 radical (unpaired) electrons. The van der Waals surface area contributed by atoms with Gasteiger partial charge in [0.1, 0.15) is 0 Å². The van der Waals surface area contributed by atoms with E-state index in [0.29, 0.717) is 0 Å². The molecule has 1 unspecified atom stereocenters. The summed E-state index contributed by atoms with van der Waals surface area (Å²) in [4.78, 5) is 25.9. The van der Waals surface area contributed by atoms with Crippen molar-refractivity contribution in [1.82, 2.24) is 4.90 Å². The Morgan fingerprint density at radius 2 is 2.28 bits per heavy atom. The molecule has 1 atom stereocenters. The molecule has 2 rings (SSSR count). The number of carbonyl (C=O) groups is 2. The van der Waals surface area contributed by atoms with Gasteiger partial charge < -0.3 is 9.64 Å². The van der Waals surface area contributed by atoms with E-state index in [2.05, 4.69) is 0 Å². The lowest BCUT2D eigenvalue weighted by Crippen LogP contribution is -2.48. The third kappa shape index (κ3) is 1.78. The van der Waals surface area contributed by atoms with Gasteiger partial charge in [-0.1, -0.05) is 18.2 Å². The predicted octanol–water partition coefficient (Wildman–Crippen LogP) is 1.80. The quantitative estimate of drug-likeness (QED) is 0.552. The number of nitrogens with zero attached hydrogens (tertiary/aromatic N) is 1. The van der Waals surface area contributed by atoms with Crippen molar-refractivity contribution in [2.75, 3.05) is 13.7 Å². The molecule has 0 saturated heterocycles. The van der Waals surface area contributed by atoms with Gasteiger partial charge in [0.2, 0.25) is 5.91 Å². The normalized spacial score (nSPS) is 26.4. The summed E-state index contributed by atoms with van der Waals surface area (Å²) in [7, 11) is 1.69. The van der Waals surface area contributed by atoms with Crippen LogP contribution in [0, 0.1) is 5.41 Å². The van der Waals surface area contributed by atoms with Crippen LogP contribution in [-0.2, 0) is 14.3 Å². The Kier molecular flexibility index (Phi) is 3.11. The average molecular weight is 247 g/mol. The minimum absolute atomic E-state index is 0.244. The fourth-order valence-corrected chi connectivity index (χ4v) is 2.29. The molecule has 4 nitrogen and oxygen atoms in total. The smallest absolute Gasteiger partial charge is 0.325 e. The van der Waals surface area contributed by atoms with E-state index in [9.17, 15) is 9.59 Å². The van der Waals surface area contributed by atoms with Gasteiger partial charge in [-0.05, 0) is 31.9 Å². The summed E-state index contributed by atoms with van der Waals surface area (Å²) in [5, 5.41) is 0. The van der Waals surface area contributed by atoms with Gasteiger partial charge in [0, 0.05) is 12.7 Å². The minimum Gasteiger partial charge on any atom is -0.465 e. The first-order valence-corrected chi connectivity index (χ1v) is 6.06. The monoisotopic (exact) mass is 247 g/mol. The molecule has 4 heteroatoms. The molecule has 1 aliphatic carbocycles. The standard InChI is InChI=1S/C14H17NO3/c1-4-18-13(17)14(2)9-10-7-5-6-8-11(10)15(3)12(14)16/h5,7-9H,4,6H2,1-3H3. The number of hydrogen-bond acceptors (Lipinski definition) is 3.